The molecule has 1 aromatic rings. The number of hydrogen-bond acceptors (Lipinski definition) is 4. The van der Waals surface area contributed by atoms with E-state index >= 15 is 0 Å². The summed E-state index contributed by atoms with van der Waals surface area (Å²) in [6, 6.07) is 9.14. The summed E-state index contributed by atoms with van der Waals surface area (Å²) in [6.07, 6.45) is 2.16. The second-order valence-electron chi connectivity index (χ2n) is 5.78. The first-order valence-corrected chi connectivity index (χ1v) is 8.06. The highest BCUT2D eigenvalue weighted by Gasteiger charge is 2.23. The van der Waals surface area contributed by atoms with Gasteiger partial charge in [0.2, 0.25) is 5.91 Å². The van der Waals surface area contributed by atoms with Crippen molar-refractivity contribution in [2.75, 3.05) is 39.8 Å². The van der Waals surface area contributed by atoms with E-state index < -0.39 is 0 Å². The van der Waals surface area contributed by atoms with Crippen molar-refractivity contribution in [3.63, 3.8) is 0 Å². The van der Waals surface area contributed by atoms with Crippen LogP contribution in [0, 0.1) is 5.92 Å². The number of piperidine rings is 1. The molecule has 1 atom stereocenters. The molecular weight excluding hydrogens is 294 g/mol. The monoisotopic (exact) mass is 319 g/mol. The lowest BCUT2D eigenvalue weighted by atomic mass is 9.98. The lowest BCUT2D eigenvalue weighted by molar-refractivity contribution is -0.134. The zero-order valence-electron chi connectivity index (χ0n) is 13.6. The van der Waals surface area contributed by atoms with E-state index in [2.05, 4.69) is 10.6 Å². The van der Waals surface area contributed by atoms with Gasteiger partial charge in [0.1, 0.15) is 5.75 Å². The Hall–Kier alpha value is -2.08. The molecule has 1 unspecified atom stereocenters. The fourth-order valence-corrected chi connectivity index (χ4v) is 2.75. The van der Waals surface area contributed by atoms with Gasteiger partial charge >= 0.3 is 0 Å². The highest BCUT2D eigenvalue weighted by molar-refractivity contribution is 5.85. The van der Waals surface area contributed by atoms with Crippen LogP contribution in [0.5, 0.6) is 5.75 Å². The molecule has 1 fully saturated rings. The Bertz CT molecular complexity index is 505. The minimum atomic E-state index is -0.286. The minimum Gasteiger partial charge on any atom is -0.484 e. The molecule has 6 nitrogen and oxygen atoms in total. The average molecular weight is 319 g/mol. The Morgan fingerprint density at radius 2 is 2.09 bits per heavy atom. The second-order valence-corrected chi connectivity index (χ2v) is 5.78. The number of amides is 2. The number of hydrogen-bond donors (Lipinski definition) is 2. The third kappa shape index (κ3) is 5.90. The van der Waals surface area contributed by atoms with Crippen molar-refractivity contribution in [3.8, 4) is 5.75 Å². The van der Waals surface area contributed by atoms with Gasteiger partial charge in [-0.2, -0.15) is 0 Å². The fourth-order valence-electron chi connectivity index (χ4n) is 2.75. The van der Waals surface area contributed by atoms with E-state index in [1.807, 2.05) is 30.1 Å². The summed E-state index contributed by atoms with van der Waals surface area (Å²) in [6.45, 7) is 2.40. The SMILES string of the molecule is CNCC1CCCN(C(=O)CNC(=O)COc2ccccc2)C1. The van der Waals surface area contributed by atoms with Crippen LogP contribution in [0.2, 0.25) is 0 Å². The van der Waals surface area contributed by atoms with Crippen LogP contribution in [0.3, 0.4) is 0 Å². The van der Waals surface area contributed by atoms with Gasteiger partial charge in [-0.25, -0.2) is 0 Å². The second kappa shape index (κ2) is 9.15. The number of rotatable bonds is 7. The summed E-state index contributed by atoms with van der Waals surface area (Å²) >= 11 is 0. The van der Waals surface area contributed by atoms with Gasteiger partial charge in [-0.1, -0.05) is 18.2 Å². The van der Waals surface area contributed by atoms with Crippen molar-refractivity contribution in [2.24, 2.45) is 5.92 Å². The predicted octanol–water partition coefficient (Wildman–Crippen LogP) is 0.640. The van der Waals surface area contributed by atoms with Crippen LogP contribution in [-0.2, 0) is 9.59 Å². The quantitative estimate of drug-likeness (QED) is 0.774. The zero-order chi connectivity index (χ0) is 16.5. The van der Waals surface area contributed by atoms with Gasteiger partial charge in [0.15, 0.2) is 6.61 Å². The highest BCUT2D eigenvalue weighted by atomic mass is 16.5. The molecule has 126 valence electrons. The maximum atomic E-state index is 12.2. The summed E-state index contributed by atoms with van der Waals surface area (Å²) < 4.78 is 5.35. The predicted molar refractivity (Wildman–Crippen MR) is 88.2 cm³/mol. The minimum absolute atomic E-state index is 0.0288. The Labute approximate surface area is 137 Å². The fraction of sp³-hybridized carbons (Fsp3) is 0.529. The van der Waals surface area contributed by atoms with Gasteiger partial charge in [0, 0.05) is 13.1 Å². The van der Waals surface area contributed by atoms with Crippen LogP contribution in [0.15, 0.2) is 30.3 Å². The first kappa shape index (κ1) is 17.3. The van der Waals surface area contributed by atoms with Crippen molar-refractivity contribution in [2.45, 2.75) is 12.8 Å². The molecule has 0 bridgehead atoms. The number of para-hydroxylation sites is 1. The van der Waals surface area contributed by atoms with Gasteiger partial charge in [-0.05, 0) is 44.5 Å². The van der Waals surface area contributed by atoms with Gasteiger partial charge in [-0.15, -0.1) is 0 Å². The number of carbonyl (C=O) groups excluding carboxylic acids is 2. The smallest absolute Gasteiger partial charge is 0.258 e. The third-order valence-corrected chi connectivity index (χ3v) is 3.91. The third-order valence-electron chi connectivity index (χ3n) is 3.91. The first-order chi connectivity index (χ1) is 11.2. The summed E-state index contributed by atoms with van der Waals surface area (Å²) in [5, 5.41) is 5.78. The lowest BCUT2D eigenvalue weighted by Crippen LogP contribution is -2.47. The van der Waals surface area contributed by atoms with E-state index in [1.54, 1.807) is 12.1 Å². The lowest BCUT2D eigenvalue weighted by Gasteiger charge is -2.32. The van der Waals surface area contributed by atoms with Gasteiger partial charge in [0.05, 0.1) is 6.54 Å². The van der Waals surface area contributed by atoms with E-state index in [0.29, 0.717) is 11.7 Å². The molecule has 6 heteroatoms. The molecular formula is C17H25N3O3. The molecule has 2 rings (SSSR count). The van der Waals surface area contributed by atoms with Crippen LogP contribution < -0.4 is 15.4 Å². The highest BCUT2D eigenvalue weighted by Crippen LogP contribution is 2.15. The van der Waals surface area contributed by atoms with E-state index in [0.717, 1.165) is 32.5 Å². The van der Waals surface area contributed by atoms with Crippen molar-refractivity contribution in [1.29, 1.82) is 0 Å². The Morgan fingerprint density at radius 1 is 1.30 bits per heavy atom. The molecule has 23 heavy (non-hydrogen) atoms. The number of ether oxygens (including phenoxy) is 1. The molecule has 0 aliphatic carbocycles. The standard InChI is InChI=1S/C17H25N3O3/c1-18-10-14-6-5-9-20(12-14)17(22)11-19-16(21)13-23-15-7-3-2-4-8-15/h2-4,7-8,14,18H,5-6,9-13H2,1H3,(H,19,21). The molecule has 2 amide bonds. The van der Waals surface area contributed by atoms with Gasteiger partial charge < -0.3 is 20.3 Å². The molecule has 0 spiro atoms. The molecule has 1 aliphatic rings. The van der Waals surface area contributed by atoms with Crippen LogP contribution in [0.25, 0.3) is 0 Å². The van der Waals surface area contributed by atoms with E-state index in [9.17, 15) is 9.59 Å². The number of carbonyl (C=O) groups is 2. The molecule has 1 heterocycles. The molecule has 0 aromatic heterocycles. The van der Waals surface area contributed by atoms with Crippen LogP contribution in [0.1, 0.15) is 12.8 Å². The van der Waals surface area contributed by atoms with Crippen LogP contribution in [-0.4, -0.2) is 56.5 Å². The summed E-state index contributed by atoms with van der Waals surface area (Å²) in [4.78, 5) is 25.8. The maximum absolute atomic E-state index is 12.2. The number of nitrogens with one attached hydrogen (secondary N) is 2. The number of nitrogens with zero attached hydrogens (tertiary/aromatic N) is 1. The van der Waals surface area contributed by atoms with E-state index in [4.69, 9.17) is 4.74 Å². The van der Waals surface area contributed by atoms with Crippen molar-refractivity contribution in [3.05, 3.63) is 30.3 Å². The topological polar surface area (TPSA) is 70.7 Å². The van der Waals surface area contributed by atoms with Gasteiger partial charge in [-0.3, -0.25) is 9.59 Å². The molecule has 0 saturated carbocycles. The summed E-state index contributed by atoms with van der Waals surface area (Å²) in [7, 11) is 1.92. The molecule has 1 saturated heterocycles. The molecule has 1 aromatic carbocycles. The van der Waals surface area contributed by atoms with E-state index in [1.165, 1.54) is 0 Å². The summed E-state index contributed by atoms with van der Waals surface area (Å²) in [5.41, 5.74) is 0. The van der Waals surface area contributed by atoms with Crippen molar-refractivity contribution >= 4 is 11.8 Å². The van der Waals surface area contributed by atoms with Crippen LogP contribution in [0.4, 0.5) is 0 Å². The molecule has 2 N–H and O–H groups in total. The van der Waals surface area contributed by atoms with Crippen molar-refractivity contribution < 1.29 is 14.3 Å². The van der Waals surface area contributed by atoms with Crippen LogP contribution >= 0.6 is 0 Å². The molecule has 1 aliphatic heterocycles. The molecule has 0 radical (unpaired) electrons. The normalized spacial score (nSPS) is 17.6. The summed E-state index contributed by atoms with van der Waals surface area (Å²) in [5.74, 6) is 0.819. The Morgan fingerprint density at radius 3 is 2.83 bits per heavy atom. The Balaban J connectivity index is 1.68. The van der Waals surface area contributed by atoms with Crippen molar-refractivity contribution in [1.82, 2.24) is 15.5 Å². The largest absolute Gasteiger partial charge is 0.484 e. The number of benzene rings is 1. The average Bonchev–Trinajstić information content (AvgIpc) is 2.59. The first-order valence-electron chi connectivity index (χ1n) is 8.06. The van der Waals surface area contributed by atoms with E-state index in [-0.39, 0.29) is 25.0 Å². The zero-order valence-corrected chi connectivity index (χ0v) is 13.6. The maximum Gasteiger partial charge on any atom is 0.258 e. The number of likely N-dealkylation sites (tertiary alicyclic amines) is 1. The van der Waals surface area contributed by atoms with Gasteiger partial charge in [0.25, 0.3) is 5.91 Å². The Kier molecular flexibility index (Phi) is 6.87.